The number of carbonyl (C=O) groups is 4. The summed E-state index contributed by atoms with van der Waals surface area (Å²) in [6.07, 6.45) is 0.523. The van der Waals surface area contributed by atoms with Crippen LogP contribution >= 0.6 is 158 Å². The number of halogens is 7. The zero-order valence-electron chi connectivity index (χ0n) is 37.8. The molecule has 382 valence electrons. The molecule has 1 heterocycles. The van der Waals surface area contributed by atoms with Crippen molar-refractivity contribution < 1.29 is 63.5 Å². The van der Waals surface area contributed by atoms with Crippen molar-refractivity contribution >= 4 is 188 Å². The number of dihydropyridines is 1. The number of nitrogens with one attached hydrogen (secondary N) is 1. The number of benzene rings is 5. The van der Waals surface area contributed by atoms with E-state index in [4.69, 9.17) is 40.6 Å². The summed E-state index contributed by atoms with van der Waals surface area (Å²) >= 11 is 14.7. The van der Waals surface area contributed by atoms with Gasteiger partial charge >= 0.3 is 23.9 Å². The van der Waals surface area contributed by atoms with Crippen molar-refractivity contribution in [3.63, 3.8) is 0 Å². The number of para-hydroxylation sites is 1. The molecule has 0 aliphatic carbocycles. The van der Waals surface area contributed by atoms with Gasteiger partial charge in [-0.2, -0.15) is 0 Å². The molecule has 9 N–H and O–H groups in total. The van der Waals surface area contributed by atoms with Gasteiger partial charge in [0.1, 0.15) is 35.1 Å². The number of rotatable bonds is 14. The average Bonchev–Trinajstić information content (AvgIpc) is 3.31. The van der Waals surface area contributed by atoms with E-state index in [0.29, 0.717) is 45.1 Å². The molecule has 0 radical (unpaired) electrons. The second kappa shape index (κ2) is 28.1. The molecule has 5 aromatic rings. The van der Waals surface area contributed by atoms with E-state index in [1.54, 1.807) is 50.2 Å². The number of carboxylic acid groups (broad SMARTS) is 2. The Hall–Kier alpha value is -3.11. The number of allylic oxidation sites excluding steroid dienone is 2. The highest BCUT2D eigenvalue weighted by Gasteiger charge is 2.40. The summed E-state index contributed by atoms with van der Waals surface area (Å²) < 4.78 is 27.1. The molecule has 0 saturated carbocycles. The molecule has 1 aliphatic rings. The largest absolute Gasteiger partial charge is 0.507 e. The Balaban J connectivity index is 0.000000235. The number of phenolic OH excluding ortho intramolecular Hbond substituents is 2. The summed E-state index contributed by atoms with van der Waals surface area (Å²) in [6, 6.07) is 20.1. The van der Waals surface area contributed by atoms with Crippen molar-refractivity contribution in [3.8, 4) is 34.5 Å². The van der Waals surface area contributed by atoms with E-state index in [0.717, 1.165) is 25.4 Å². The molecule has 0 aromatic heterocycles. The fraction of sp³-hybridized carbons (Fsp3) is 0.191. The predicted octanol–water partition coefficient (Wildman–Crippen LogP) is 10.7. The van der Waals surface area contributed by atoms with Crippen molar-refractivity contribution in [2.75, 3.05) is 14.2 Å². The van der Waals surface area contributed by atoms with Gasteiger partial charge in [0.2, 0.25) is 0 Å². The van der Waals surface area contributed by atoms with Crippen molar-refractivity contribution in [1.29, 1.82) is 0 Å². The van der Waals surface area contributed by atoms with Gasteiger partial charge in [0, 0.05) is 23.0 Å². The van der Waals surface area contributed by atoms with Crippen LogP contribution < -0.4 is 26.3 Å². The summed E-state index contributed by atoms with van der Waals surface area (Å²) in [5.74, 6) is -1.27. The van der Waals surface area contributed by atoms with Crippen LogP contribution in [-0.4, -0.2) is 75.5 Å². The minimum atomic E-state index is -1.02. The Morgan fingerprint density at radius 2 is 1.04 bits per heavy atom. The molecule has 6 rings (SSSR count). The van der Waals surface area contributed by atoms with Crippen LogP contribution in [0.2, 0.25) is 0 Å². The molecular formula is C47H41I7N4O14. The monoisotopic (exact) mass is 1770 g/mol. The second-order valence-electron chi connectivity index (χ2n) is 15.1. The van der Waals surface area contributed by atoms with Gasteiger partial charge in [-0.3, -0.25) is 19.7 Å². The first-order valence-corrected chi connectivity index (χ1v) is 27.9. The number of aliphatic carboxylic acids is 2. The van der Waals surface area contributed by atoms with Crippen molar-refractivity contribution in [3.05, 3.63) is 153 Å². The van der Waals surface area contributed by atoms with Gasteiger partial charge in [0.05, 0.1) is 61.2 Å². The summed E-state index contributed by atoms with van der Waals surface area (Å²) in [5, 5.41) is 51.6. The van der Waals surface area contributed by atoms with Gasteiger partial charge in [-0.05, 0) is 251 Å². The van der Waals surface area contributed by atoms with Gasteiger partial charge in [-0.1, -0.05) is 18.2 Å². The van der Waals surface area contributed by atoms with E-state index < -0.39 is 46.8 Å². The Morgan fingerprint density at radius 3 is 1.43 bits per heavy atom. The number of carbonyl (C=O) groups excluding carboxylic acids is 2. The third-order valence-electron chi connectivity index (χ3n) is 10.0. The normalized spacial score (nSPS) is 13.0. The average molecular weight is 1770 g/mol. The Kier molecular flexibility index (Phi) is 24.0. The van der Waals surface area contributed by atoms with E-state index in [-0.39, 0.29) is 46.7 Å². The Bertz CT molecular complexity index is 2880. The lowest BCUT2D eigenvalue weighted by Gasteiger charge is -2.29. The number of hydrogen-bond acceptors (Lipinski definition) is 15. The summed E-state index contributed by atoms with van der Waals surface area (Å²) in [4.78, 5) is 57.3. The second-order valence-corrected chi connectivity index (χ2v) is 23.2. The molecule has 25 heteroatoms. The molecule has 72 heavy (non-hydrogen) atoms. The summed E-state index contributed by atoms with van der Waals surface area (Å²) in [7, 11) is 2.42. The van der Waals surface area contributed by atoms with Gasteiger partial charge in [-0.25, -0.2) is 9.59 Å². The van der Waals surface area contributed by atoms with Crippen LogP contribution in [0.5, 0.6) is 34.5 Å². The molecule has 0 spiro atoms. The number of carboxylic acids is 2. The topological polar surface area (TPSA) is 293 Å². The van der Waals surface area contributed by atoms with Crippen LogP contribution in [0.4, 0.5) is 5.69 Å². The molecule has 1 aliphatic heterocycles. The molecule has 0 unspecified atom stereocenters. The number of nitro benzene ring substituents is 1. The lowest BCUT2D eigenvalue weighted by Crippen LogP contribution is -2.32. The molecule has 0 amide bonds. The molecule has 0 saturated heterocycles. The van der Waals surface area contributed by atoms with Crippen LogP contribution in [-0.2, 0) is 41.5 Å². The molecule has 0 bridgehead atoms. The smallest absolute Gasteiger partial charge is 0.336 e. The van der Waals surface area contributed by atoms with E-state index in [9.17, 15) is 39.5 Å². The number of esters is 2. The highest BCUT2D eigenvalue weighted by molar-refractivity contribution is 14.1. The first kappa shape index (κ1) is 61.4. The van der Waals surface area contributed by atoms with Crippen molar-refractivity contribution in [1.82, 2.24) is 5.32 Å². The number of methoxy groups -OCH3 is 2. The Morgan fingerprint density at radius 1 is 0.639 bits per heavy atom. The quantitative estimate of drug-likeness (QED) is 0.0235. The maximum absolute atomic E-state index is 12.3. The Labute approximate surface area is 507 Å². The van der Waals surface area contributed by atoms with Crippen LogP contribution in [0.1, 0.15) is 36.5 Å². The van der Waals surface area contributed by atoms with Gasteiger partial charge in [-0.15, -0.1) is 0 Å². The van der Waals surface area contributed by atoms with Gasteiger partial charge < -0.3 is 56.2 Å². The highest BCUT2D eigenvalue weighted by atomic mass is 127. The van der Waals surface area contributed by atoms with Crippen LogP contribution in [0.15, 0.2) is 101 Å². The van der Waals surface area contributed by atoms with E-state index in [2.05, 4.69) is 141 Å². The van der Waals surface area contributed by atoms with Crippen LogP contribution in [0.3, 0.4) is 0 Å². The third kappa shape index (κ3) is 16.4. The predicted molar refractivity (Wildman–Crippen MR) is 325 cm³/mol. The van der Waals surface area contributed by atoms with Crippen LogP contribution in [0.25, 0.3) is 0 Å². The fourth-order valence-corrected chi connectivity index (χ4v) is 13.1. The SMILES string of the molecule is COC(=O)C1=C(C)NC(C)=C(C(=O)OC)C1c1ccccc1[N+](=O)[O-].N[C@@H](Cc1cc(I)c(Oc2cc(I)c(O)c(I)c2)c(I)c1)C(=O)O.N[C@@H](Cc1cc(I)c(Oc2ccc(O)c(I)c2)c(I)c1)C(=O)O. The summed E-state index contributed by atoms with van der Waals surface area (Å²) in [6.45, 7) is 3.29. The minimum absolute atomic E-state index is 0.128. The highest BCUT2D eigenvalue weighted by Crippen LogP contribution is 2.43. The third-order valence-corrected chi connectivity index (χ3v) is 15.7. The lowest BCUT2D eigenvalue weighted by molar-refractivity contribution is -0.385. The molecule has 18 nitrogen and oxygen atoms in total. The fourth-order valence-electron chi connectivity index (χ4n) is 6.69. The first-order valence-electron chi connectivity index (χ1n) is 20.3. The zero-order chi connectivity index (χ0) is 53.9. The standard InChI is InChI=1S/C17H18N2O6.C15H11I4NO4.C15H12I3NO4/c1-9-13(16(20)24-3)15(14(10(2)18-9)17(21)25-4)11-7-5-6-8-12(11)19(22)23;16-8-4-7(5-9(17)13(8)21)24-14-10(18)1-6(2-11(14)19)3-12(20)15(22)23;16-9-6-8(1-2-13(9)20)23-14-10(17)3-7(4-11(14)18)5-12(19)15(21)22/h5-8,15,18H,1-4H3;1-2,4-5,12,21H,3,20H2,(H,22,23);1-4,6,12,20H,5,19H2,(H,21,22)/t;2*12-/m.00/s1. The number of nitrogens with zero attached hydrogens (tertiary/aromatic N) is 1. The van der Waals surface area contributed by atoms with Crippen molar-refractivity contribution in [2.45, 2.75) is 44.7 Å². The van der Waals surface area contributed by atoms with Crippen molar-refractivity contribution in [2.24, 2.45) is 11.5 Å². The van der Waals surface area contributed by atoms with Crippen LogP contribution in [0, 0.1) is 35.1 Å². The molecule has 0 fully saturated rings. The number of aromatic hydroxyl groups is 2. The van der Waals surface area contributed by atoms with Gasteiger partial charge in [0.25, 0.3) is 5.69 Å². The number of nitro groups is 1. The molecule has 5 aromatic carbocycles. The molecular weight excluding hydrogens is 1730 g/mol. The number of hydrogen-bond donors (Lipinski definition) is 7. The van der Waals surface area contributed by atoms with Gasteiger partial charge in [0.15, 0.2) is 11.5 Å². The van der Waals surface area contributed by atoms with E-state index >= 15 is 0 Å². The molecule has 2 atom stereocenters. The lowest BCUT2D eigenvalue weighted by atomic mass is 9.79. The van der Waals surface area contributed by atoms with E-state index in [1.165, 1.54) is 32.4 Å². The maximum atomic E-state index is 12.3. The summed E-state index contributed by atoms with van der Waals surface area (Å²) in [5.41, 5.74) is 14.1. The number of phenols is 2. The minimum Gasteiger partial charge on any atom is -0.507 e. The number of ether oxygens (including phenoxy) is 4. The van der Waals surface area contributed by atoms with E-state index in [1.807, 2.05) is 46.9 Å². The maximum Gasteiger partial charge on any atom is 0.336 e. The first-order chi connectivity index (χ1) is 33.8. The zero-order valence-corrected chi connectivity index (χ0v) is 52.9. The number of nitrogens with two attached hydrogens (primary N) is 2.